The van der Waals surface area contributed by atoms with Crippen molar-refractivity contribution < 1.29 is 4.70 Å². The fourth-order valence-electron chi connectivity index (χ4n) is 3.06. The fraction of sp³-hybridized carbons (Fsp3) is 0.143. The quantitative estimate of drug-likeness (QED) is 0.514. The molecule has 0 N–H and O–H groups in total. The molecule has 0 atom stereocenters. The summed E-state index contributed by atoms with van der Waals surface area (Å²) in [4.78, 5) is 0. The second-order valence-corrected chi connectivity index (χ2v) is 14.4. The second kappa shape index (κ2) is 9.51. The zero-order chi connectivity index (χ0) is 15.0. The van der Waals surface area contributed by atoms with Crippen LogP contribution in [0.1, 0.15) is 16.7 Å². The maximum absolute atomic E-state index is 2.29. The third-order valence-electron chi connectivity index (χ3n) is 4.10. The van der Waals surface area contributed by atoms with Gasteiger partial charge in [-0.15, -0.1) is 0 Å². The molecule has 3 aromatic carbocycles. The number of rotatable bonds is 6. The summed E-state index contributed by atoms with van der Waals surface area (Å²) in [6, 6.07) is 33.1. The van der Waals surface area contributed by atoms with Crippen LogP contribution in [-0.4, -0.2) is 19.8 Å². The monoisotopic (exact) mass is 414 g/mol. The van der Waals surface area contributed by atoms with Crippen LogP contribution in [0.15, 0.2) is 91.0 Å². The Morgan fingerprint density at radius 1 is 0.435 bits per heavy atom. The van der Waals surface area contributed by atoms with Gasteiger partial charge in [-0.25, -0.2) is 0 Å². The van der Waals surface area contributed by atoms with E-state index in [0.717, 1.165) is 0 Å². The van der Waals surface area contributed by atoms with Crippen LogP contribution in [0.4, 0.5) is 4.70 Å². The van der Waals surface area contributed by atoms with E-state index in [2.05, 4.69) is 91.0 Å². The van der Waals surface area contributed by atoms with Gasteiger partial charge in [-0.2, -0.15) is 0 Å². The molecule has 0 heterocycles. The van der Waals surface area contributed by atoms with Gasteiger partial charge in [-0.1, -0.05) is 0 Å². The summed E-state index contributed by atoms with van der Waals surface area (Å²) < 4.78 is 4.02. The van der Waals surface area contributed by atoms with Gasteiger partial charge >= 0.3 is 141 Å². The van der Waals surface area contributed by atoms with Gasteiger partial charge in [0.1, 0.15) is 0 Å². The molecule has 0 saturated carbocycles. The van der Waals surface area contributed by atoms with Crippen LogP contribution in [-0.2, 0) is 13.3 Å². The van der Waals surface area contributed by atoms with Gasteiger partial charge in [0.05, 0.1) is 0 Å². The molecule has 0 nitrogen and oxygen atoms in total. The van der Waals surface area contributed by atoms with Crippen LogP contribution in [0.3, 0.4) is 0 Å². The van der Waals surface area contributed by atoms with E-state index < -0.39 is 19.8 Å². The van der Waals surface area contributed by atoms with E-state index in [4.69, 9.17) is 0 Å². The van der Waals surface area contributed by atoms with Gasteiger partial charge in [-0.05, 0) is 0 Å². The Morgan fingerprint density at radius 3 is 0.957 bits per heavy atom. The summed E-state index contributed by atoms with van der Waals surface area (Å²) in [7, 11) is 0. The molecule has 23 heavy (non-hydrogen) atoms. The van der Waals surface area contributed by atoms with E-state index in [1.54, 1.807) is 0 Å². The molecule has 3 rings (SSSR count). The number of hydrogen-bond donors (Lipinski definition) is 0. The first-order chi connectivity index (χ1) is 10.9. The van der Waals surface area contributed by atoms with Crippen molar-refractivity contribution in [3.63, 3.8) is 0 Å². The van der Waals surface area contributed by atoms with Gasteiger partial charge in [0.2, 0.25) is 0 Å². The SMILES string of the molecule is F.c1ccc([CH2][SnH]([CH2]c2ccccc2)[CH2]c2ccccc2)cc1. The molecule has 118 valence electrons. The molecule has 0 bridgehead atoms. The van der Waals surface area contributed by atoms with E-state index in [-0.39, 0.29) is 4.70 Å². The molecule has 0 aliphatic heterocycles. The second-order valence-electron chi connectivity index (χ2n) is 5.94. The molecule has 3 aromatic rings. The first kappa shape index (κ1) is 17.7. The number of halogens is 1. The molecule has 2 heteroatoms. The standard InChI is InChI=1S/3C7H7.FH.Sn.H/c3*1-7-5-3-2-4-6-7;;;/h3*2-6H,1H2;1H;;. The van der Waals surface area contributed by atoms with Crippen LogP contribution in [0, 0.1) is 0 Å². The molecule has 0 spiro atoms. The average Bonchev–Trinajstić information content (AvgIpc) is 2.57. The van der Waals surface area contributed by atoms with Crippen LogP contribution >= 0.6 is 0 Å². The third kappa shape index (κ3) is 5.83. The molecule has 0 aliphatic rings. The van der Waals surface area contributed by atoms with Gasteiger partial charge in [0.25, 0.3) is 0 Å². The van der Waals surface area contributed by atoms with Gasteiger partial charge in [0.15, 0.2) is 0 Å². The normalized spacial score (nSPS) is 10.3. The molecule has 0 radical (unpaired) electrons. The number of hydrogen-bond acceptors (Lipinski definition) is 0. The van der Waals surface area contributed by atoms with Crippen molar-refractivity contribution in [2.45, 2.75) is 13.3 Å². The Bertz CT molecular complexity index is 569. The summed E-state index contributed by atoms with van der Waals surface area (Å²) in [6.07, 6.45) is 0. The third-order valence-corrected chi connectivity index (χ3v) is 13.1. The summed E-state index contributed by atoms with van der Waals surface area (Å²) in [5.41, 5.74) is 4.57. The summed E-state index contributed by atoms with van der Waals surface area (Å²) >= 11 is -1.70. The van der Waals surface area contributed by atoms with Crippen LogP contribution in [0.5, 0.6) is 0 Å². The molecule has 0 fully saturated rings. The first-order valence-electron chi connectivity index (χ1n) is 8.02. The van der Waals surface area contributed by atoms with Crippen molar-refractivity contribution in [1.82, 2.24) is 0 Å². The summed E-state index contributed by atoms with van der Waals surface area (Å²) in [5.74, 6) is 0. The molecule has 0 saturated heterocycles. The van der Waals surface area contributed by atoms with E-state index >= 15 is 0 Å². The minimum absolute atomic E-state index is 0. The van der Waals surface area contributed by atoms with E-state index in [1.165, 1.54) is 30.0 Å². The summed E-state index contributed by atoms with van der Waals surface area (Å²) in [6.45, 7) is 0. The van der Waals surface area contributed by atoms with E-state index in [0.29, 0.717) is 0 Å². The molecular weight excluding hydrogens is 390 g/mol. The Balaban J connectivity index is 0.00000192. The number of benzene rings is 3. The Morgan fingerprint density at radius 2 is 0.696 bits per heavy atom. The van der Waals surface area contributed by atoms with Crippen LogP contribution < -0.4 is 0 Å². The first-order valence-corrected chi connectivity index (χ1v) is 15.0. The Hall–Kier alpha value is -1.61. The Kier molecular flexibility index (Phi) is 7.33. The van der Waals surface area contributed by atoms with Gasteiger partial charge in [-0.3, -0.25) is 4.70 Å². The fourth-order valence-corrected chi connectivity index (χ4v) is 12.3. The van der Waals surface area contributed by atoms with Crippen LogP contribution in [0.2, 0.25) is 0 Å². The molecular formula is C21H23FSn. The zero-order valence-electron chi connectivity index (χ0n) is 13.3. The van der Waals surface area contributed by atoms with Gasteiger partial charge < -0.3 is 0 Å². The molecule has 0 aromatic heterocycles. The predicted octanol–water partition coefficient (Wildman–Crippen LogP) is 4.71. The maximum atomic E-state index is 2.29. The Labute approximate surface area is 145 Å². The van der Waals surface area contributed by atoms with Crippen molar-refractivity contribution >= 4 is 19.8 Å². The zero-order valence-corrected chi connectivity index (χ0v) is 16.6. The van der Waals surface area contributed by atoms with Crippen molar-refractivity contribution in [2.75, 3.05) is 0 Å². The van der Waals surface area contributed by atoms with Crippen molar-refractivity contribution in [1.29, 1.82) is 0 Å². The molecule has 0 aliphatic carbocycles. The minimum atomic E-state index is -1.70. The summed E-state index contributed by atoms with van der Waals surface area (Å²) in [5, 5.41) is 0. The van der Waals surface area contributed by atoms with E-state index in [1.807, 2.05) is 0 Å². The molecule has 0 amide bonds. The molecule has 0 unspecified atom stereocenters. The van der Waals surface area contributed by atoms with Crippen molar-refractivity contribution in [2.24, 2.45) is 0 Å². The predicted molar refractivity (Wildman–Crippen MR) is 100 cm³/mol. The van der Waals surface area contributed by atoms with E-state index in [9.17, 15) is 0 Å². The topological polar surface area (TPSA) is 0 Å². The van der Waals surface area contributed by atoms with Crippen molar-refractivity contribution in [3.8, 4) is 0 Å². The van der Waals surface area contributed by atoms with Gasteiger partial charge in [0, 0.05) is 0 Å². The average molecular weight is 413 g/mol. The van der Waals surface area contributed by atoms with Crippen molar-refractivity contribution in [3.05, 3.63) is 108 Å². The van der Waals surface area contributed by atoms with Crippen LogP contribution in [0.25, 0.3) is 0 Å².